The van der Waals surface area contributed by atoms with E-state index in [2.05, 4.69) is 138 Å². The molecule has 0 aliphatic heterocycles. The third-order valence-electron chi connectivity index (χ3n) is 7.35. The number of hydrogen-bond donors (Lipinski definition) is 0. The lowest BCUT2D eigenvalue weighted by atomic mass is 9.93. The van der Waals surface area contributed by atoms with Crippen molar-refractivity contribution in [2.45, 2.75) is 0 Å². The second-order valence-electron chi connectivity index (χ2n) is 9.70. The van der Waals surface area contributed by atoms with Gasteiger partial charge in [0.1, 0.15) is 7.85 Å². The summed E-state index contributed by atoms with van der Waals surface area (Å²) in [7, 11) is 5.96. The molecule has 7 rings (SSSR count). The molecule has 1 aromatic heterocycles. The van der Waals surface area contributed by atoms with Crippen molar-refractivity contribution in [2.24, 2.45) is 0 Å². The van der Waals surface area contributed by atoms with E-state index in [1.54, 1.807) is 0 Å². The fourth-order valence-corrected chi connectivity index (χ4v) is 5.40. The monoisotopic (exact) mass is 481 g/mol. The first-order valence-electron chi connectivity index (χ1n) is 12.9. The minimum atomic E-state index is 0.774. The second kappa shape index (κ2) is 9.25. The van der Waals surface area contributed by atoms with E-state index in [4.69, 9.17) is 7.85 Å². The summed E-state index contributed by atoms with van der Waals surface area (Å²) < 4.78 is 2.40. The van der Waals surface area contributed by atoms with Crippen molar-refractivity contribution in [3.63, 3.8) is 0 Å². The fraction of sp³-hybridized carbons (Fsp3) is 0. The number of nitrogens with zero attached hydrogens (tertiary/aromatic N) is 1. The molecule has 2 heteroatoms. The van der Waals surface area contributed by atoms with Crippen molar-refractivity contribution < 1.29 is 0 Å². The highest BCUT2D eigenvalue weighted by Crippen LogP contribution is 2.37. The van der Waals surface area contributed by atoms with Crippen LogP contribution in [0.1, 0.15) is 0 Å². The lowest BCUT2D eigenvalue weighted by Crippen LogP contribution is -1.99. The zero-order valence-corrected chi connectivity index (χ0v) is 20.9. The summed E-state index contributed by atoms with van der Waals surface area (Å²) in [6.45, 7) is 0. The third-order valence-corrected chi connectivity index (χ3v) is 7.35. The summed E-state index contributed by atoms with van der Waals surface area (Å²) >= 11 is 0. The molecule has 0 saturated heterocycles. The SMILES string of the molecule is [B]c1ccc(-c2ccc3c4ccc(-c5ccccc5)cc4n(-c4ccc(-c5ccccc5)cc4)c3c2)cc1. The van der Waals surface area contributed by atoms with Gasteiger partial charge in [0.05, 0.1) is 11.0 Å². The molecule has 0 unspecified atom stereocenters. The summed E-state index contributed by atoms with van der Waals surface area (Å²) in [6.07, 6.45) is 0. The quantitative estimate of drug-likeness (QED) is 0.222. The average Bonchev–Trinajstić information content (AvgIpc) is 3.31. The van der Waals surface area contributed by atoms with Crippen LogP contribution >= 0.6 is 0 Å². The molecule has 0 aliphatic rings. The highest BCUT2D eigenvalue weighted by molar-refractivity contribution is 6.32. The van der Waals surface area contributed by atoms with E-state index in [0.717, 1.165) is 16.7 Å². The molecule has 0 amide bonds. The lowest BCUT2D eigenvalue weighted by molar-refractivity contribution is 1.18. The minimum absolute atomic E-state index is 0.774. The van der Waals surface area contributed by atoms with E-state index in [-0.39, 0.29) is 0 Å². The summed E-state index contributed by atoms with van der Waals surface area (Å²) in [4.78, 5) is 0. The van der Waals surface area contributed by atoms with Gasteiger partial charge in [-0.1, -0.05) is 127 Å². The van der Waals surface area contributed by atoms with Gasteiger partial charge in [-0.25, -0.2) is 0 Å². The highest BCUT2D eigenvalue weighted by Gasteiger charge is 2.15. The molecule has 0 N–H and O–H groups in total. The zero-order chi connectivity index (χ0) is 25.5. The Morgan fingerprint density at radius 2 is 0.763 bits per heavy atom. The topological polar surface area (TPSA) is 4.93 Å². The number of rotatable bonds is 4. The lowest BCUT2D eigenvalue weighted by Gasteiger charge is -2.11. The Bertz CT molecular complexity index is 1880. The summed E-state index contributed by atoms with van der Waals surface area (Å²) in [5.41, 5.74) is 11.5. The number of aromatic nitrogens is 1. The maximum atomic E-state index is 5.96. The van der Waals surface area contributed by atoms with E-state index in [9.17, 15) is 0 Å². The predicted molar refractivity (Wildman–Crippen MR) is 162 cm³/mol. The van der Waals surface area contributed by atoms with Crippen molar-refractivity contribution in [2.75, 3.05) is 0 Å². The van der Waals surface area contributed by atoms with Crippen LogP contribution in [-0.4, -0.2) is 12.4 Å². The van der Waals surface area contributed by atoms with Crippen molar-refractivity contribution in [1.82, 2.24) is 4.57 Å². The van der Waals surface area contributed by atoms with Crippen LogP contribution in [-0.2, 0) is 0 Å². The largest absolute Gasteiger partial charge is 0.309 e. The van der Waals surface area contributed by atoms with Gasteiger partial charge in [0.25, 0.3) is 0 Å². The average molecular weight is 481 g/mol. The Kier molecular flexibility index (Phi) is 5.45. The number of fused-ring (bicyclic) bond motifs is 3. The van der Waals surface area contributed by atoms with Gasteiger partial charge in [-0.15, -0.1) is 0 Å². The zero-order valence-electron chi connectivity index (χ0n) is 20.9. The second-order valence-corrected chi connectivity index (χ2v) is 9.70. The van der Waals surface area contributed by atoms with Crippen LogP contribution in [0.25, 0.3) is 60.9 Å². The van der Waals surface area contributed by atoms with Crippen molar-refractivity contribution in [3.05, 3.63) is 146 Å². The van der Waals surface area contributed by atoms with Crippen molar-refractivity contribution in [3.8, 4) is 39.1 Å². The molecule has 0 fully saturated rings. The van der Waals surface area contributed by atoms with E-state index in [0.29, 0.717) is 0 Å². The molecule has 6 aromatic carbocycles. The molecular weight excluding hydrogens is 457 g/mol. The molecule has 1 nitrogen and oxygen atoms in total. The molecule has 0 atom stereocenters. The predicted octanol–water partition coefficient (Wildman–Crippen LogP) is 8.58. The smallest absolute Gasteiger partial charge is 0.113 e. The summed E-state index contributed by atoms with van der Waals surface area (Å²) in [5.74, 6) is 0. The molecule has 38 heavy (non-hydrogen) atoms. The first kappa shape index (κ1) is 22.4. The third kappa shape index (κ3) is 3.92. The molecule has 0 saturated carbocycles. The van der Waals surface area contributed by atoms with Gasteiger partial charge in [-0.3, -0.25) is 0 Å². The molecule has 0 spiro atoms. The van der Waals surface area contributed by atoms with E-state index < -0.39 is 0 Å². The Hall–Kier alpha value is -4.82. The highest BCUT2D eigenvalue weighted by atomic mass is 15.0. The molecule has 7 aromatic rings. The van der Waals surface area contributed by atoms with Crippen molar-refractivity contribution in [1.29, 1.82) is 0 Å². The van der Waals surface area contributed by atoms with E-state index in [1.165, 1.54) is 49.6 Å². The molecular formula is C36H24BN. The molecule has 176 valence electrons. The summed E-state index contributed by atoms with van der Waals surface area (Å²) in [5, 5.41) is 2.49. The van der Waals surface area contributed by atoms with Gasteiger partial charge in [-0.2, -0.15) is 0 Å². The van der Waals surface area contributed by atoms with E-state index >= 15 is 0 Å². The van der Waals surface area contributed by atoms with E-state index in [1.807, 2.05) is 12.1 Å². The number of benzene rings is 6. The maximum absolute atomic E-state index is 5.96. The van der Waals surface area contributed by atoms with Crippen LogP contribution < -0.4 is 5.46 Å². The van der Waals surface area contributed by atoms with Crippen LogP contribution in [0.2, 0.25) is 0 Å². The summed E-state index contributed by atoms with van der Waals surface area (Å²) in [6, 6.07) is 51.7. The first-order chi connectivity index (χ1) is 18.7. The Labute approximate surface area is 224 Å². The first-order valence-corrected chi connectivity index (χ1v) is 12.9. The van der Waals surface area contributed by atoms with Gasteiger partial charge in [-0.05, 0) is 57.6 Å². The Balaban J connectivity index is 1.46. The fourth-order valence-electron chi connectivity index (χ4n) is 5.40. The Morgan fingerprint density at radius 1 is 0.368 bits per heavy atom. The van der Waals surface area contributed by atoms with Crippen LogP contribution in [0.5, 0.6) is 0 Å². The molecule has 1 heterocycles. The molecule has 0 bridgehead atoms. The van der Waals surface area contributed by atoms with Crippen LogP contribution in [0.15, 0.2) is 146 Å². The Morgan fingerprint density at radius 3 is 1.29 bits per heavy atom. The number of hydrogen-bond acceptors (Lipinski definition) is 0. The van der Waals surface area contributed by atoms with Crippen LogP contribution in [0, 0.1) is 0 Å². The van der Waals surface area contributed by atoms with Gasteiger partial charge in [0.2, 0.25) is 0 Å². The van der Waals surface area contributed by atoms with Gasteiger partial charge in [0.15, 0.2) is 0 Å². The van der Waals surface area contributed by atoms with Gasteiger partial charge in [0, 0.05) is 16.5 Å². The van der Waals surface area contributed by atoms with Crippen LogP contribution in [0.3, 0.4) is 0 Å². The van der Waals surface area contributed by atoms with Gasteiger partial charge >= 0.3 is 0 Å². The minimum Gasteiger partial charge on any atom is -0.309 e. The normalized spacial score (nSPS) is 11.3. The molecule has 2 radical (unpaired) electrons. The van der Waals surface area contributed by atoms with Gasteiger partial charge < -0.3 is 4.57 Å². The standard InChI is InChI=1S/C36H24BN/c37-31-17-11-28(12-18-31)30-16-22-34-33-21-15-29(26-9-5-2-6-10-26)23-35(33)38(36(34)24-30)32-19-13-27(14-20-32)25-7-3-1-4-8-25/h1-24H. The molecule has 0 aliphatic carbocycles. The maximum Gasteiger partial charge on any atom is 0.113 e. The van der Waals surface area contributed by atoms with Crippen molar-refractivity contribution >= 4 is 35.1 Å². The van der Waals surface area contributed by atoms with Crippen LogP contribution in [0.4, 0.5) is 0 Å².